The van der Waals surface area contributed by atoms with Crippen LogP contribution in [0.15, 0.2) is 84.9 Å². The second-order valence-electron chi connectivity index (χ2n) is 8.81. The Labute approximate surface area is 209 Å². The summed E-state index contributed by atoms with van der Waals surface area (Å²) in [6.45, 7) is 8.18. The standard InChI is InChI=1S/C30H34ClN3/c1-3-5-20-33(22-24-13-12-18-27(31)21-24)23-28-29(25-14-8-6-9-15-25)32-30(34(28)19-4-2)26-16-10-7-11-17-26/h6-18,21H,3-5,19-20,22-23H2,1-2H3. The minimum absolute atomic E-state index is 0.792. The van der Waals surface area contributed by atoms with Crippen molar-refractivity contribution in [2.75, 3.05) is 6.54 Å². The zero-order chi connectivity index (χ0) is 23.8. The lowest BCUT2D eigenvalue weighted by Crippen LogP contribution is -2.26. The van der Waals surface area contributed by atoms with Gasteiger partial charge in [0.15, 0.2) is 0 Å². The van der Waals surface area contributed by atoms with E-state index in [1.54, 1.807) is 0 Å². The molecule has 0 aliphatic heterocycles. The van der Waals surface area contributed by atoms with Crippen LogP contribution in [-0.4, -0.2) is 21.0 Å². The van der Waals surface area contributed by atoms with Gasteiger partial charge in [-0.05, 0) is 37.1 Å². The molecule has 0 aliphatic rings. The number of benzene rings is 3. The van der Waals surface area contributed by atoms with E-state index in [1.807, 2.05) is 12.1 Å². The molecule has 0 fully saturated rings. The zero-order valence-electron chi connectivity index (χ0n) is 20.3. The van der Waals surface area contributed by atoms with Crippen LogP contribution in [0.4, 0.5) is 0 Å². The molecule has 0 spiro atoms. The third kappa shape index (κ3) is 5.97. The molecule has 4 heteroatoms. The van der Waals surface area contributed by atoms with Crippen molar-refractivity contribution >= 4 is 11.6 Å². The van der Waals surface area contributed by atoms with E-state index in [0.717, 1.165) is 61.1 Å². The molecule has 0 aliphatic carbocycles. The number of hydrogen-bond donors (Lipinski definition) is 0. The highest BCUT2D eigenvalue weighted by atomic mass is 35.5. The van der Waals surface area contributed by atoms with E-state index in [-0.39, 0.29) is 0 Å². The Kier molecular flexibility index (Phi) is 8.56. The van der Waals surface area contributed by atoms with Crippen LogP contribution in [0.25, 0.3) is 22.6 Å². The van der Waals surface area contributed by atoms with Crippen LogP contribution in [0.2, 0.25) is 5.02 Å². The molecular weight excluding hydrogens is 438 g/mol. The molecule has 1 aromatic heterocycles. The van der Waals surface area contributed by atoms with Gasteiger partial charge in [0, 0.05) is 35.8 Å². The van der Waals surface area contributed by atoms with Gasteiger partial charge in [0.1, 0.15) is 5.82 Å². The molecule has 0 saturated carbocycles. The summed E-state index contributed by atoms with van der Waals surface area (Å²) in [7, 11) is 0. The summed E-state index contributed by atoms with van der Waals surface area (Å²) in [4.78, 5) is 7.78. The van der Waals surface area contributed by atoms with E-state index in [4.69, 9.17) is 16.6 Å². The second kappa shape index (κ2) is 12.0. The Morgan fingerprint density at radius 1 is 0.794 bits per heavy atom. The maximum absolute atomic E-state index is 6.30. The molecule has 0 atom stereocenters. The Morgan fingerprint density at radius 3 is 2.15 bits per heavy atom. The average Bonchev–Trinajstić information content (AvgIpc) is 3.22. The van der Waals surface area contributed by atoms with Gasteiger partial charge in [-0.15, -0.1) is 0 Å². The van der Waals surface area contributed by atoms with E-state index >= 15 is 0 Å². The van der Waals surface area contributed by atoms with Crippen molar-refractivity contribution in [1.29, 1.82) is 0 Å². The average molecular weight is 472 g/mol. The quantitative estimate of drug-likeness (QED) is 0.220. The first-order valence-corrected chi connectivity index (χ1v) is 12.7. The number of imidazole rings is 1. The SMILES string of the molecule is CCCCN(Cc1cccc(Cl)c1)Cc1c(-c2ccccc2)nc(-c2ccccc2)n1CCC. The van der Waals surface area contributed by atoms with Crippen molar-refractivity contribution in [2.45, 2.75) is 52.7 Å². The van der Waals surface area contributed by atoms with Crippen molar-refractivity contribution in [3.8, 4) is 22.6 Å². The van der Waals surface area contributed by atoms with Gasteiger partial charge in [0.25, 0.3) is 0 Å². The highest BCUT2D eigenvalue weighted by Crippen LogP contribution is 2.31. The van der Waals surface area contributed by atoms with Crippen molar-refractivity contribution in [3.05, 3.63) is 101 Å². The summed E-state index contributed by atoms with van der Waals surface area (Å²) in [5.41, 5.74) is 5.94. The summed E-state index contributed by atoms with van der Waals surface area (Å²) in [6, 6.07) is 29.4. The van der Waals surface area contributed by atoms with E-state index < -0.39 is 0 Å². The molecule has 0 radical (unpaired) electrons. The molecular formula is C30H34ClN3. The molecule has 0 unspecified atom stereocenters. The fourth-order valence-corrected chi connectivity index (χ4v) is 4.66. The number of aromatic nitrogens is 2. The zero-order valence-corrected chi connectivity index (χ0v) is 21.0. The summed E-state index contributed by atoms with van der Waals surface area (Å²) in [5.74, 6) is 1.05. The highest BCUT2D eigenvalue weighted by molar-refractivity contribution is 6.30. The van der Waals surface area contributed by atoms with E-state index in [0.29, 0.717) is 0 Å². The lowest BCUT2D eigenvalue weighted by atomic mass is 10.1. The van der Waals surface area contributed by atoms with Crippen LogP contribution in [-0.2, 0) is 19.6 Å². The van der Waals surface area contributed by atoms with E-state index in [1.165, 1.54) is 23.2 Å². The molecule has 4 aromatic rings. The Morgan fingerprint density at radius 2 is 1.50 bits per heavy atom. The minimum Gasteiger partial charge on any atom is -0.326 e. The van der Waals surface area contributed by atoms with Gasteiger partial charge in [0.2, 0.25) is 0 Å². The van der Waals surface area contributed by atoms with E-state index in [9.17, 15) is 0 Å². The Balaban J connectivity index is 1.78. The van der Waals surface area contributed by atoms with Gasteiger partial charge in [-0.25, -0.2) is 4.98 Å². The molecule has 3 aromatic carbocycles. The van der Waals surface area contributed by atoms with Crippen LogP contribution in [0.3, 0.4) is 0 Å². The number of nitrogens with zero attached hydrogens (tertiary/aromatic N) is 3. The summed E-state index contributed by atoms with van der Waals surface area (Å²) < 4.78 is 2.44. The van der Waals surface area contributed by atoms with Crippen LogP contribution < -0.4 is 0 Å². The summed E-state index contributed by atoms with van der Waals surface area (Å²) in [5, 5.41) is 0.792. The largest absolute Gasteiger partial charge is 0.326 e. The molecule has 3 nitrogen and oxygen atoms in total. The van der Waals surface area contributed by atoms with Gasteiger partial charge in [-0.3, -0.25) is 4.90 Å². The van der Waals surface area contributed by atoms with Crippen LogP contribution in [0.1, 0.15) is 44.4 Å². The number of hydrogen-bond acceptors (Lipinski definition) is 2. The van der Waals surface area contributed by atoms with Crippen molar-refractivity contribution < 1.29 is 0 Å². The highest BCUT2D eigenvalue weighted by Gasteiger charge is 2.21. The van der Waals surface area contributed by atoms with Gasteiger partial charge in [0.05, 0.1) is 11.4 Å². The van der Waals surface area contributed by atoms with Crippen molar-refractivity contribution in [3.63, 3.8) is 0 Å². The number of halogens is 1. The van der Waals surface area contributed by atoms with Gasteiger partial charge in [-0.2, -0.15) is 0 Å². The monoisotopic (exact) mass is 471 g/mol. The molecule has 4 rings (SSSR count). The van der Waals surface area contributed by atoms with Crippen molar-refractivity contribution in [2.24, 2.45) is 0 Å². The first-order valence-electron chi connectivity index (χ1n) is 12.4. The molecule has 1 heterocycles. The molecule has 0 bridgehead atoms. The first kappa shape index (κ1) is 24.3. The molecule has 0 N–H and O–H groups in total. The van der Waals surface area contributed by atoms with Gasteiger partial charge in [-0.1, -0.05) is 105 Å². The molecule has 176 valence electrons. The smallest absolute Gasteiger partial charge is 0.140 e. The normalized spacial score (nSPS) is 11.3. The third-order valence-corrected chi connectivity index (χ3v) is 6.33. The summed E-state index contributed by atoms with van der Waals surface area (Å²) >= 11 is 6.30. The van der Waals surface area contributed by atoms with Crippen LogP contribution in [0, 0.1) is 0 Å². The molecule has 34 heavy (non-hydrogen) atoms. The van der Waals surface area contributed by atoms with Crippen LogP contribution in [0.5, 0.6) is 0 Å². The predicted octanol–water partition coefficient (Wildman–Crippen LogP) is 8.08. The van der Waals surface area contributed by atoms with Crippen LogP contribution >= 0.6 is 11.6 Å². The fraction of sp³-hybridized carbons (Fsp3) is 0.300. The topological polar surface area (TPSA) is 21.1 Å². The molecule has 0 amide bonds. The number of unbranched alkanes of at least 4 members (excludes halogenated alkanes) is 1. The Hall–Kier alpha value is -2.88. The van der Waals surface area contributed by atoms with E-state index in [2.05, 4.69) is 96.1 Å². The lowest BCUT2D eigenvalue weighted by molar-refractivity contribution is 0.246. The predicted molar refractivity (Wildman–Crippen MR) is 144 cm³/mol. The maximum atomic E-state index is 6.30. The Bertz CT molecular complexity index is 1170. The number of rotatable bonds is 11. The van der Waals surface area contributed by atoms with Gasteiger partial charge < -0.3 is 4.57 Å². The third-order valence-electron chi connectivity index (χ3n) is 6.10. The van der Waals surface area contributed by atoms with Gasteiger partial charge >= 0.3 is 0 Å². The lowest BCUT2D eigenvalue weighted by Gasteiger charge is -2.24. The molecule has 0 saturated heterocycles. The first-order chi connectivity index (χ1) is 16.7. The maximum Gasteiger partial charge on any atom is 0.140 e. The second-order valence-corrected chi connectivity index (χ2v) is 9.24. The van der Waals surface area contributed by atoms with Crippen molar-refractivity contribution in [1.82, 2.24) is 14.5 Å². The fourth-order valence-electron chi connectivity index (χ4n) is 4.45. The summed E-state index contributed by atoms with van der Waals surface area (Å²) in [6.07, 6.45) is 3.39. The minimum atomic E-state index is 0.792.